The lowest BCUT2D eigenvalue weighted by Crippen LogP contribution is -2.47. The minimum Gasteiger partial charge on any atom is -0.478 e. The van der Waals surface area contributed by atoms with Crippen LogP contribution in [0, 0.1) is 5.92 Å². The summed E-state index contributed by atoms with van der Waals surface area (Å²) in [7, 11) is 3.92. The van der Waals surface area contributed by atoms with Gasteiger partial charge < -0.3 is 24.4 Å². The molecule has 2 N–H and O–H groups in total. The largest absolute Gasteiger partial charge is 0.478 e. The van der Waals surface area contributed by atoms with Crippen molar-refractivity contribution in [1.82, 2.24) is 14.4 Å². The molecule has 0 unspecified atom stereocenters. The zero-order chi connectivity index (χ0) is 30.0. The van der Waals surface area contributed by atoms with Crippen molar-refractivity contribution >= 4 is 22.8 Å². The number of carboxylic acid groups (broad SMARTS) is 1. The number of aliphatic hydroxyl groups excluding tert-OH is 1. The first-order chi connectivity index (χ1) is 20.2. The number of aromatic nitrogens is 1. The molecule has 2 heterocycles. The van der Waals surface area contributed by atoms with Crippen LogP contribution in [0.4, 0.5) is 0 Å². The van der Waals surface area contributed by atoms with Crippen molar-refractivity contribution in [2.45, 2.75) is 39.1 Å². The molecular formula is C34H39N3O5. The predicted octanol–water partition coefficient (Wildman–Crippen LogP) is 5.03. The Labute approximate surface area is 246 Å². The molecule has 1 aliphatic heterocycles. The number of carboxylic acids is 1. The lowest BCUT2D eigenvalue weighted by molar-refractivity contribution is -0.0242. The fourth-order valence-corrected chi connectivity index (χ4v) is 6.01. The summed E-state index contributed by atoms with van der Waals surface area (Å²) in [5.41, 5.74) is 5.58. The molecule has 0 saturated carbocycles. The van der Waals surface area contributed by atoms with Crippen LogP contribution in [-0.2, 0) is 24.9 Å². The van der Waals surface area contributed by atoms with E-state index >= 15 is 0 Å². The Kier molecular flexibility index (Phi) is 8.77. The molecule has 8 heteroatoms. The molecule has 0 bridgehead atoms. The maximum atomic E-state index is 14.5. The number of amides is 1. The number of hydrogen-bond donors (Lipinski definition) is 2. The van der Waals surface area contributed by atoms with Crippen LogP contribution in [-0.4, -0.2) is 75.3 Å². The monoisotopic (exact) mass is 569 g/mol. The van der Waals surface area contributed by atoms with Gasteiger partial charge in [-0.3, -0.25) is 9.69 Å². The highest BCUT2D eigenvalue weighted by molar-refractivity contribution is 6.10. The summed E-state index contributed by atoms with van der Waals surface area (Å²) in [6, 6.07) is 22.7. The lowest BCUT2D eigenvalue weighted by Gasteiger charge is -2.35. The first kappa shape index (κ1) is 29.5. The van der Waals surface area contributed by atoms with Crippen molar-refractivity contribution in [3.05, 3.63) is 95.2 Å². The van der Waals surface area contributed by atoms with E-state index in [1.54, 1.807) is 23.1 Å². The first-order valence-corrected chi connectivity index (χ1v) is 14.4. The second kappa shape index (κ2) is 12.5. The molecule has 5 rings (SSSR count). The number of benzene rings is 3. The van der Waals surface area contributed by atoms with Gasteiger partial charge in [0.25, 0.3) is 5.91 Å². The van der Waals surface area contributed by atoms with E-state index in [0.717, 1.165) is 33.2 Å². The molecule has 8 nitrogen and oxygen atoms in total. The third-order valence-corrected chi connectivity index (χ3v) is 8.34. The van der Waals surface area contributed by atoms with Crippen LogP contribution in [0.25, 0.3) is 22.0 Å². The molecule has 220 valence electrons. The Morgan fingerprint density at radius 2 is 1.83 bits per heavy atom. The summed E-state index contributed by atoms with van der Waals surface area (Å²) < 4.78 is 8.64. The molecule has 42 heavy (non-hydrogen) atoms. The molecular weight excluding hydrogens is 530 g/mol. The third kappa shape index (κ3) is 5.83. The Morgan fingerprint density at radius 1 is 1.10 bits per heavy atom. The number of fused-ring (bicyclic) bond motifs is 5. The Hall–Kier alpha value is -3.98. The molecule has 0 fully saturated rings. The average Bonchev–Trinajstić information content (AvgIpc) is 3.28. The van der Waals surface area contributed by atoms with Crippen molar-refractivity contribution < 1.29 is 24.5 Å². The summed E-state index contributed by atoms with van der Waals surface area (Å²) in [6.07, 6.45) is -0.232. The number of likely N-dealkylation sites (N-methyl/N-ethyl adjacent to an activating group) is 1. The van der Waals surface area contributed by atoms with E-state index < -0.39 is 5.97 Å². The second-order valence-electron chi connectivity index (χ2n) is 11.5. The Balaban J connectivity index is 1.54. The summed E-state index contributed by atoms with van der Waals surface area (Å²) in [4.78, 5) is 29.8. The van der Waals surface area contributed by atoms with Gasteiger partial charge in [-0.2, -0.15) is 0 Å². The molecule has 1 aromatic heterocycles. The van der Waals surface area contributed by atoms with Gasteiger partial charge >= 0.3 is 5.97 Å². The van der Waals surface area contributed by atoms with Crippen LogP contribution in [0.3, 0.4) is 0 Å². The Morgan fingerprint density at radius 3 is 2.60 bits per heavy atom. The summed E-state index contributed by atoms with van der Waals surface area (Å²) in [5.74, 6) is -1.12. The van der Waals surface area contributed by atoms with Crippen LogP contribution in [0.15, 0.2) is 72.8 Å². The number of carbonyl (C=O) groups excluding carboxylic acids is 1. The summed E-state index contributed by atoms with van der Waals surface area (Å²) >= 11 is 0. The molecule has 0 spiro atoms. The molecule has 0 aliphatic carbocycles. The zero-order valence-electron chi connectivity index (χ0n) is 24.7. The molecule has 3 aromatic carbocycles. The van der Waals surface area contributed by atoms with Gasteiger partial charge in [0.05, 0.1) is 30.9 Å². The standard InChI is InChI=1S/C34H39N3O5/c1-22-17-37(23(2)20-38)33(39)32-31(28-14-7-8-15-29(28)36(32)4)27-13-6-5-11-26(27)21-42-30(22)19-35(3)18-24-10-9-12-25(16-24)34(40)41/h5-16,22-23,30,38H,17-21H2,1-4H3,(H,40,41)/t22-,23+,30+/m1/s1. The predicted molar refractivity (Wildman–Crippen MR) is 163 cm³/mol. The van der Waals surface area contributed by atoms with E-state index in [-0.39, 0.29) is 36.1 Å². The van der Waals surface area contributed by atoms with Crippen molar-refractivity contribution in [2.75, 3.05) is 26.7 Å². The zero-order valence-corrected chi connectivity index (χ0v) is 24.7. The van der Waals surface area contributed by atoms with E-state index in [0.29, 0.717) is 31.9 Å². The quantitative estimate of drug-likeness (QED) is 0.324. The van der Waals surface area contributed by atoms with Gasteiger partial charge in [-0.15, -0.1) is 0 Å². The van der Waals surface area contributed by atoms with Crippen molar-refractivity contribution in [3.8, 4) is 11.1 Å². The van der Waals surface area contributed by atoms with Crippen molar-refractivity contribution in [2.24, 2.45) is 13.0 Å². The third-order valence-electron chi connectivity index (χ3n) is 8.34. The van der Waals surface area contributed by atoms with Gasteiger partial charge in [0.15, 0.2) is 0 Å². The molecule has 4 aromatic rings. The number of hydrogen-bond acceptors (Lipinski definition) is 5. The molecule has 0 radical (unpaired) electrons. The van der Waals surface area contributed by atoms with Gasteiger partial charge in [0.1, 0.15) is 5.69 Å². The molecule has 1 amide bonds. The van der Waals surface area contributed by atoms with Gasteiger partial charge in [-0.05, 0) is 48.9 Å². The van der Waals surface area contributed by atoms with Gasteiger partial charge in [0, 0.05) is 49.1 Å². The SMILES string of the molecule is C[C@@H]1CN([C@@H](C)CO)C(=O)c2c(c3ccccc3n2C)-c2ccccc2CO[C@H]1CN(C)Cc1cccc(C(=O)O)c1. The number of ether oxygens (including phenoxy) is 1. The number of aliphatic hydroxyl groups is 1. The van der Waals surface area contributed by atoms with Gasteiger partial charge in [0.2, 0.25) is 0 Å². The average molecular weight is 570 g/mol. The fraction of sp³-hybridized carbons (Fsp3) is 0.353. The van der Waals surface area contributed by atoms with E-state index in [2.05, 4.69) is 30.0 Å². The van der Waals surface area contributed by atoms with E-state index in [4.69, 9.17) is 4.74 Å². The van der Waals surface area contributed by atoms with Crippen LogP contribution >= 0.6 is 0 Å². The highest BCUT2D eigenvalue weighted by Gasteiger charge is 2.33. The maximum Gasteiger partial charge on any atom is 0.335 e. The van der Waals surface area contributed by atoms with E-state index in [9.17, 15) is 19.8 Å². The van der Waals surface area contributed by atoms with Crippen molar-refractivity contribution in [1.29, 1.82) is 0 Å². The number of nitrogens with zero attached hydrogens (tertiary/aromatic N) is 3. The Bertz CT molecular complexity index is 1600. The molecule has 0 saturated heterocycles. The van der Waals surface area contributed by atoms with Crippen LogP contribution < -0.4 is 0 Å². The molecule has 3 atom stereocenters. The first-order valence-electron chi connectivity index (χ1n) is 14.4. The van der Waals surface area contributed by atoms with Crippen molar-refractivity contribution in [3.63, 3.8) is 0 Å². The normalized spacial score (nSPS) is 18.4. The van der Waals surface area contributed by atoms with Gasteiger partial charge in [-0.25, -0.2) is 4.79 Å². The number of aromatic carboxylic acids is 1. The second-order valence-corrected chi connectivity index (χ2v) is 11.5. The lowest BCUT2D eigenvalue weighted by atomic mass is 9.96. The number of rotatable bonds is 7. The van der Waals surface area contributed by atoms with Crippen LogP contribution in [0.5, 0.6) is 0 Å². The highest BCUT2D eigenvalue weighted by Crippen LogP contribution is 2.38. The minimum absolute atomic E-state index is 0.0563. The van der Waals surface area contributed by atoms with E-state index in [1.807, 2.05) is 62.0 Å². The summed E-state index contributed by atoms with van der Waals surface area (Å²) in [5, 5.41) is 20.6. The summed E-state index contributed by atoms with van der Waals surface area (Å²) in [6.45, 7) is 5.71. The van der Waals surface area contributed by atoms with E-state index in [1.165, 1.54) is 0 Å². The fourth-order valence-electron chi connectivity index (χ4n) is 6.01. The van der Waals surface area contributed by atoms with Gasteiger partial charge in [-0.1, -0.05) is 61.5 Å². The van der Waals surface area contributed by atoms with Crippen LogP contribution in [0.1, 0.15) is 45.8 Å². The molecule has 1 aliphatic rings. The number of para-hydroxylation sites is 1. The number of carbonyl (C=O) groups is 2. The number of aryl methyl sites for hydroxylation is 1. The topological polar surface area (TPSA) is 95.2 Å². The maximum absolute atomic E-state index is 14.5. The smallest absolute Gasteiger partial charge is 0.335 e. The van der Waals surface area contributed by atoms with Crippen LogP contribution in [0.2, 0.25) is 0 Å². The minimum atomic E-state index is -0.949. The highest BCUT2D eigenvalue weighted by atomic mass is 16.5.